The summed E-state index contributed by atoms with van der Waals surface area (Å²) in [6.07, 6.45) is 3.75. The molecule has 0 saturated carbocycles. The summed E-state index contributed by atoms with van der Waals surface area (Å²) in [5.41, 5.74) is 3.87. The zero-order valence-electron chi connectivity index (χ0n) is 17.2. The lowest BCUT2D eigenvalue weighted by Gasteiger charge is -2.13. The van der Waals surface area contributed by atoms with E-state index in [2.05, 4.69) is 41.7 Å². The molecule has 0 bridgehead atoms. The van der Waals surface area contributed by atoms with Gasteiger partial charge in [0.15, 0.2) is 0 Å². The van der Waals surface area contributed by atoms with Crippen LogP contribution in [0.3, 0.4) is 0 Å². The van der Waals surface area contributed by atoms with Crippen LogP contribution in [0.1, 0.15) is 31.5 Å². The molecule has 3 aromatic rings. The van der Waals surface area contributed by atoms with E-state index in [0.717, 1.165) is 29.1 Å². The van der Waals surface area contributed by atoms with Crippen molar-refractivity contribution >= 4 is 23.5 Å². The number of carbonyl (C=O) groups is 1. The number of benzene rings is 2. The molecule has 0 aliphatic carbocycles. The van der Waals surface area contributed by atoms with E-state index in [1.807, 2.05) is 72.0 Å². The number of carbonyl (C=O) groups excluding carboxylic acids is 1. The van der Waals surface area contributed by atoms with E-state index in [1.54, 1.807) is 0 Å². The first-order valence-electron chi connectivity index (χ1n) is 9.97. The largest absolute Gasteiger partial charge is 0.337 e. The zero-order chi connectivity index (χ0) is 20.6. The lowest BCUT2D eigenvalue weighted by Crippen LogP contribution is -2.30. The molecule has 1 aromatic heterocycles. The van der Waals surface area contributed by atoms with Gasteiger partial charge in [-0.3, -0.25) is 0 Å². The van der Waals surface area contributed by atoms with E-state index in [4.69, 9.17) is 0 Å². The predicted octanol–water partition coefficient (Wildman–Crippen LogP) is 5.44. The topological polar surface area (TPSA) is 59.0 Å². The van der Waals surface area contributed by atoms with Gasteiger partial charge in [0.1, 0.15) is 0 Å². The van der Waals surface area contributed by atoms with Crippen LogP contribution in [-0.2, 0) is 6.42 Å². The van der Waals surface area contributed by atoms with Crippen LogP contribution in [0.15, 0.2) is 65.7 Å². The molecule has 2 aromatic carbocycles. The van der Waals surface area contributed by atoms with Crippen LogP contribution in [0.2, 0.25) is 0 Å². The number of nitrogens with zero attached hydrogens (tertiary/aromatic N) is 2. The van der Waals surface area contributed by atoms with Crippen LogP contribution in [0.4, 0.5) is 10.5 Å². The molecular weight excluding hydrogens is 380 g/mol. The van der Waals surface area contributed by atoms with Crippen LogP contribution in [0.5, 0.6) is 0 Å². The van der Waals surface area contributed by atoms with Crippen molar-refractivity contribution in [3.05, 3.63) is 72.1 Å². The van der Waals surface area contributed by atoms with Crippen LogP contribution >= 0.6 is 11.8 Å². The van der Waals surface area contributed by atoms with Gasteiger partial charge in [0.05, 0.1) is 11.4 Å². The van der Waals surface area contributed by atoms with Crippen molar-refractivity contribution in [1.82, 2.24) is 15.1 Å². The number of hydrogen-bond donors (Lipinski definition) is 2. The third-order valence-corrected chi connectivity index (χ3v) is 5.95. The normalized spacial score (nSPS) is 11.8. The molecule has 29 heavy (non-hydrogen) atoms. The number of rotatable bonds is 8. The highest BCUT2D eigenvalue weighted by atomic mass is 32.2. The molecule has 6 heteroatoms. The SMILES string of the molecule is CCC(C)Sc1ccc(NC(=O)NCCc2ccn(-c3ccccc3)n2)c(C)c1. The number of para-hydroxylation sites is 1. The number of urea groups is 1. The Morgan fingerprint density at radius 2 is 1.97 bits per heavy atom. The quantitative estimate of drug-likeness (QED) is 0.488. The Morgan fingerprint density at radius 3 is 2.69 bits per heavy atom. The molecule has 1 unspecified atom stereocenters. The summed E-state index contributed by atoms with van der Waals surface area (Å²) in [4.78, 5) is 13.5. The number of thioether (sulfide) groups is 1. The zero-order valence-corrected chi connectivity index (χ0v) is 18.0. The molecule has 3 rings (SSSR count). The molecule has 1 heterocycles. The Labute approximate surface area is 176 Å². The molecule has 0 aliphatic heterocycles. The van der Waals surface area contributed by atoms with Gasteiger partial charge in [0.2, 0.25) is 0 Å². The minimum Gasteiger partial charge on any atom is -0.337 e. The number of amides is 2. The Balaban J connectivity index is 1.47. The van der Waals surface area contributed by atoms with Crippen LogP contribution in [0.25, 0.3) is 5.69 Å². The van der Waals surface area contributed by atoms with E-state index in [1.165, 1.54) is 4.90 Å². The molecule has 2 N–H and O–H groups in total. The summed E-state index contributed by atoms with van der Waals surface area (Å²) in [5.74, 6) is 0. The van der Waals surface area contributed by atoms with Crippen LogP contribution in [-0.4, -0.2) is 27.6 Å². The fourth-order valence-corrected chi connectivity index (χ4v) is 3.88. The number of hydrogen-bond acceptors (Lipinski definition) is 3. The number of nitrogens with one attached hydrogen (secondary N) is 2. The first-order chi connectivity index (χ1) is 14.0. The highest BCUT2D eigenvalue weighted by molar-refractivity contribution is 7.99. The van der Waals surface area contributed by atoms with E-state index in [-0.39, 0.29) is 6.03 Å². The number of anilines is 1. The Kier molecular flexibility index (Phi) is 7.36. The van der Waals surface area contributed by atoms with Crippen molar-refractivity contribution in [2.45, 2.75) is 43.8 Å². The molecule has 0 fully saturated rings. The van der Waals surface area contributed by atoms with Crippen molar-refractivity contribution in [1.29, 1.82) is 0 Å². The highest BCUT2D eigenvalue weighted by Crippen LogP contribution is 2.28. The molecule has 0 saturated heterocycles. The van der Waals surface area contributed by atoms with Crippen molar-refractivity contribution < 1.29 is 4.79 Å². The maximum absolute atomic E-state index is 12.2. The second kappa shape index (κ2) is 10.2. The number of aryl methyl sites for hydroxylation is 1. The second-order valence-electron chi connectivity index (χ2n) is 7.03. The Bertz CT molecular complexity index is 939. The van der Waals surface area contributed by atoms with Crippen molar-refractivity contribution in [2.75, 3.05) is 11.9 Å². The fourth-order valence-electron chi connectivity index (χ4n) is 2.86. The Morgan fingerprint density at radius 1 is 1.17 bits per heavy atom. The van der Waals surface area contributed by atoms with Gasteiger partial charge in [-0.05, 0) is 55.3 Å². The lowest BCUT2D eigenvalue weighted by atomic mass is 10.2. The molecule has 1 atom stereocenters. The minimum absolute atomic E-state index is 0.196. The Hall–Kier alpha value is -2.73. The average molecular weight is 409 g/mol. The van der Waals surface area contributed by atoms with Gasteiger partial charge in [0.25, 0.3) is 0 Å². The van der Waals surface area contributed by atoms with Crippen molar-refractivity contribution in [3.8, 4) is 5.69 Å². The standard InChI is InChI=1S/C23H28N4OS/c1-4-18(3)29-21-10-11-22(17(2)16-21)25-23(28)24-14-12-19-13-15-27(26-19)20-8-6-5-7-9-20/h5-11,13,15-16,18H,4,12,14H2,1-3H3,(H2,24,25,28). The van der Waals surface area contributed by atoms with E-state index in [0.29, 0.717) is 18.2 Å². The predicted molar refractivity (Wildman–Crippen MR) is 121 cm³/mol. The van der Waals surface area contributed by atoms with E-state index >= 15 is 0 Å². The van der Waals surface area contributed by atoms with Crippen molar-refractivity contribution in [3.63, 3.8) is 0 Å². The van der Waals surface area contributed by atoms with Gasteiger partial charge >= 0.3 is 6.03 Å². The number of aromatic nitrogens is 2. The summed E-state index contributed by atoms with van der Waals surface area (Å²) in [6, 6.07) is 17.9. The first-order valence-corrected chi connectivity index (χ1v) is 10.8. The first kappa shape index (κ1) is 21.0. The summed E-state index contributed by atoms with van der Waals surface area (Å²) >= 11 is 1.86. The summed E-state index contributed by atoms with van der Waals surface area (Å²) in [6.45, 7) is 6.96. The van der Waals surface area contributed by atoms with Crippen LogP contribution in [0, 0.1) is 6.92 Å². The summed E-state index contributed by atoms with van der Waals surface area (Å²) in [5, 5.41) is 11.0. The molecule has 2 amide bonds. The highest BCUT2D eigenvalue weighted by Gasteiger charge is 2.08. The molecule has 0 radical (unpaired) electrons. The van der Waals surface area contributed by atoms with Crippen LogP contribution < -0.4 is 10.6 Å². The van der Waals surface area contributed by atoms with Crippen molar-refractivity contribution in [2.24, 2.45) is 0 Å². The molecule has 152 valence electrons. The second-order valence-corrected chi connectivity index (χ2v) is 8.54. The van der Waals surface area contributed by atoms with Gasteiger partial charge in [-0.2, -0.15) is 5.10 Å². The molecule has 5 nitrogen and oxygen atoms in total. The maximum Gasteiger partial charge on any atom is 0.319 e. The average Bonchev–Trinajstić information content (AvgIpc) is 3.19. The van der Waals surface area contributed by atoms with Gasteiger partial charge in [-0.25, -0.2) is 9.48 Å². The third-order valence-electron chi connectivity index (χ3n) is 4.69. The van der Waals surface area contributed by atoms with Gasteiger partial charge in [-0.15, -0.1) is 11.8 Å². The molecule has 0 spiro atoms. The molecular formula is C23H28N4OS. The monoisotopic (exact) mass is 408 g/mol. The molecule has 0 aliphatic rings. The lowest BCUT2D eigenvalue weighted by molar-refractivity contribution is 0.252. The summed E-state index contributed by atoms with van der Waals surface area (Å²) < 4.78 is 1.84. The minimum atomic E-state index is -0.196. The fraction of sp³-hybridized carbons (Fsp3) is 0.304. The maximum atomic E-state index is 12.2. The summed E-state index contributed by atoms with van der Waals surface area (Å²) in [7, 11) is 0. The third kappa shape index (κ3) is 6.12. The smallest absolute Gasteiger partial charge is 0.319 e. The van der Waals surface area contributed by atoms with E-state index in [9.17, 15) is 4.79 Å². The van der Waals surface area contributed by atoms with Gasteiger partial charge < -0.3 is 10.6 Å². The van der Waals surface area contributed by atoms with E-state index < -0.39 is 0 Å². The van der Waals surface area contributed by atoms with Gasteiger partial charge in [0, 0.05) is 35.0 Å². The van der Waals surface area contributed by atoms with Gasteiger partial charge in [-0.1, -0.05) is 32.0 Å².